The fourth-order valence-corrected chi connectivity index (χ4v) is 2.63. The summed E-state index contributed by atoms with van der Waals surface area (Å²) in [5.74, 6) is 2.23. The molecule has 6 heteroatoms. The molecule has 0 spiro atoms. The molecule has 1 aromatic carbocycles. The van der Waals surface area contributed by atoms with Gasteiger partial charge < -0.3 is 24.3 Å². The van der Waals surface area contributed by atoms with Crippen LogP contribution in [0.4, 0.5) is 4.79 Å². The number of alkyl carbamates (subject to hydrolysis) is 1. The molecule has 1 N–H and O–H groups in total. The van der Waals surface area contributed by atoms with E-state index >= 15 is 0 Å². The minimum absolute atomic E-state index is 0.226. The molecule has 2 rings (SSSR count). The maximum atomic E-state index is 12.3. The zero-order valence-corrected chi connectivity index (χ0v) is 15.3. The van der Waals surface area contributed by atoms with Gasteiger partial charge in [0.15, 0.2) is 0 Å². The molecule has 1 aromatic rings. The number of methoxy groups -OCH3 is 3. The first-order chi connectivity index (χ1) is 11.3. The third-order valence-corrected chi connectivity index (χ3v) is 3.83. The molecule has 24 heavy (non-hydrogen) atoms. The molecule has 1 unspecified atom stereocenters. The van der Waals surface area contributed by atoms with E-state index < -0.39 is 11.7 Å². The molecule has 134 valence electrons. The van der Waals surface area contributed by atoms with E-state index in [0.717, 1.165) is 18.4 Å². The Balaban J connectivity index is 2.35. The van der Waals surface area contributed by atoms with Crippen molar-refractivity contribution in [3.8, 4) is 17.2 Å². The summed E-state index contributed by atoms with van der Waals surface area (Å²) in [5.41, 5.74) is 0.265. The molecule has 0 aliphatic heterocycles. The van der Waals surface area contributed by atoms with Gasteiger partial charge in [0.05, 0.1) is 32.9 Å². The fraction of sp³-hybridized carbons (Fsp3) is 0.611. The van der Waals surface area contributed by atoms with E-state index in [0.29, 0.717) is 23.2 Å². The first-order valence-corrected chi connectivity index (χ1v) is 8.08. The molecule has 1 aliphatic carbocycles. The monoisotopic (exact) mass is 337 g/mol. The van der Waals surface area contributed by atoms with E-state index in [-0.39, 0.29) is 6.04 Å². The van der Waals surface area contributed by atoms with Crippen LogP contribution in [0.5, 0.6) is 17.2 Å². The highest BCUT2D eigenvalue weighted by Crippen LogP contribution is 2.48. The van der Waals surface area contributed by atoms with E-state index in [9.17, 15) is 4.79 Å². The predicted octanol–water partition coefficient (Wildman–Crippen LogP) is 3.69. The zero-order chi connectivity index (χ0) is 17.9. The van der Waals surface area contributed by atoms with Crippen LogP contribution in [0.1, 0.15) is 45.2 Å². The van der Waals surface area contributed by atoms with E-state index in [1.54, 1.807) is 33.5 Å². The Labute approximate surface area is 143 Å². The van der Waals surface area contributed by atoms with E-state index in [2.05, 4.69) is 5.32 Å². The molecular weight excluding hydrogens is 310 g/mol. The van der Waals surface area contributed by atoms with Crippen LogP contribution < -0.4 is 19.5 Å². The van der Waals surface area contributed by atoms with Crippen LogP contribution in [0.3, 0.4) is 0 Å². The van der Waals surface area contributed by atoms with Gasteiger partial charge in [-0.15, -0.1) is 0 Å². The minimum Gasteiger partial charge on any atom is -0.496 e. The summed E-state index contributed by atoms with van der Waals surface area (Å²) < 4.78 is 21.7. The van der Waals surface area contributed by atoms with Crippen LogP contribution >= 0.6 is 0 Å². The van der Waals surface area contributed by atoms with Gasteiger partial charge in [0, 0.05) is 12.1 Å². The summed E-state index contributed by atoms with van der Waals surface area (Å²) in [7, 11) is 4.77. The molecule has 6 nitrogen and oxygen atoms in total. The maximum Gasteiger partial charge on any atom is 0.408 e. The first kappa shape index (κ1) is 18.2. The van der Waals surface area contributed by atoms with Crippen molar-refractivity contribution in [2.24, 2.45) is 5.92 Å². The third kappa shape index (κ3) is 4.46. The highest BCUT2D eigenvalue weighted by Gasteiger charge is 2.38. The van der Waals surface area contributed by atoms with E-state index in [4.69, 9.17) is 18.9 Å². The molecule has 0 bridgehead atoms. The molecular formula is C18H27NO5. The molecule has 0 radical (unpaired) electrons. The highest BCUT2D eigenvalue weighted by molar-refractivity contribution is 5.69. The molecule has 1 amide bonds. The zero-order valence-electron chi connectivity index (χ0n) is 15.3. The predicted molar refractivity (Wildman–Crippen MR) is 90.9 cm³/mol. The molecule has 0 saturated heterocycles. The largest absolute Gasteiger partial charge is 0.496 e. The highest BCUT2D eigenvalue weighted by atomic mass is 16.6. The number of nitrogens with one attached hydrogen (secondary N) is 1. The van der Waals surface area contributed by atoms with Gasteiger partial charge in [0.2, 0.25) is 0 Å². The Morgan fingerprint density at radius 1 is 1.08 bits per heavy atom. The SMILES string of the molecule is COc1cc(OC)c(C(NC(=O)OC(C)(C)C)C2CC2)c(OC)c1. The lowest BCUT2D eigenvalue weighted by atomic mass is 9.99. The van der Waals surface area contributed by atoms with Gasteiger partial charge in [-0.25, -0.2) is 4.79 Å². The Bertz CT molecular complexity index is 565. The number of hydrogen-bond donors (Lipinski definition) is 1. The Hall–Kier alpha value is -2.11. The first-order valence-electron chi connectivity index (χ1n) is 8.08. The van der Waals surface area contributed by atoms with Crippen molar-refractivity contribution in [2.45, 2.75) is 45.3 Å². The van der Waals surface area contributed by atoms with Gasteiger partial charge in [-0.05, 0) is 39.5 Å². The van der Waals surface area contributed by atoms with Crippen LogP contribution in [0.15, 0.2) is 12.1 Å². The number of amides is 1. The lowest BCUT2D eigenvalue weighted by Crippen LogP contribution is -2.36. The summed E-state index contributed by atoms with van der Waals surface area (Å²) in [6, 6.07) is 3.37. The quantitative estimate of drug-likeness (QED) is 0.857. The van der Waals surface area contributed by atoms with Crippen LogP contribution in [0.2, 0.25) is 0 Å². The van der Waals surface area contributed by atoms with Crippen molar-refractivity contribution in [1.82, 2.24) is 5.32 Å². The van der Waals surface area contributed by atoms with Crippen molar-refractivity contribution in [2.75, 3.05) is 21.3 Å². The number of ether oxygens (including phenoxy) is 4. The molecule has 0 heterocycles. The second-order valence-corrected chi connectivity index (χ2v) is 6.91. The molecule has 1 atom stereocenters. The van der Waals surface area contributed by atoms with E-state index in [1.165, 1.54) is 0 Å². The summed E-state index contributed by atoms with van der Waals surface area (Å²) in [6.45, 7) is 5.52. The van der Waals surface area contributed by atoms with Crippen LogP contribution in [0, 0.1) is 5.92 Å². The smallest absolute Gasteiger partial charge is 0.408 e. The number of carbonyl (C=O) groups is 1. The Morgan fingerprint density at radius 2 is 1.62 bits per heavy atom. The fourth-order valence-electron chi connectivity index (χ4n) is 2.63. The van der Waals surface area contributed by atoms with Crippen molar-refractivity contribution < 1.29 is 23.7 Å². The van der Waals surface area contributed by atoms with Crippen LogP contribution in [-0.2, 0) is 4.74 Å². The van der Waals surface area contributed by atoms with Gasteiger partial charge in [-0.3, -0.25) is 0 Å². The van der Waals surface area contributed by atoms with Gasteiger partial charge in [-0.2, -0.15) is 0 Å². The number of benzene rings is 1. The number of hydrogen-bond acceptors (Lipinski definition) is 5. The average molecular weight is 337 g/mol. The summed E-state index contributed by atoms with van der Waals surface area (Å²) in [5, 5.41) is 2.98. The average Bonchev–Trinajstić information content (AvgIpc) is 3.34. The standard InChI is InChI=1S/C18H27NO5/c1-18(2,3)24-17(20)19-16(11-7-8-11)15-13(22-5)9-12(21-4)10-14(15)23-6/h9-11,16H,7-8H2,1-6H3,(H,19,20). The van der Waals surface area contributed by atoms with Crippen molar-refractivity contribution in [3.05, 3.63) is 17.7 Å². The van der Waals surface area contributed by atoms with Crippen molar-refractivity contribution in [3.63, 3.8) is 0 Å². The Kier molecular flexibility index (Phi) is 5.47. The van der Waals surface area contributed by atoms with Crippen molar-refractivity contribution >= 4 is 6.09 Å². The summed E-state index contributed by atoms with van der Waals surface area (Å²) in [4.78, 5) is 12.3. The third-order valence-electron chi connectivity index (χ3n) is 3.83. The van der Waals surface area contributed by atoms with Gasteiger partial charge in [-0.1, -0.05) is 0 Å². The number of carbonyl (C=O) groups excluding carboxylic acids is 1. The summed E-state index contributed by atoms with van der Waals surface area (Å²) in [6.07, 6.45) is 1.64. The second kappa shape index (κ2) is 7.20. The Morgan fingerprint density at radius 3 is 2.00 bits per heavy atom. The van der Waals surface area contributed by atoms with E-state index in [1.807, 2.05) is 20.8 Å². The minimum atomic E-state index is -0.549. The lowest BCUT2D eigenvalue weighted by Gasteiger charge is -2.26. The second-order valence-electron chi connectivity index (χ2n) is 6.91. The molecule has 1 saturated carbocycles. The van der Waals surface area contributed by atoms with Gasteiger partial charge in [0.1, 0.15) is 22.8 Å². The topological polar surface area (TPSA) is 66.0 Å². The normalized spacial score (nSPS) is 15.4. The van der Waals surface area contributed by atoms with Crippen LogP contribution in [0.25, 0.3) is 0 Å². The van der Waals surface area contributed by atoms with Crippen LogP contribution in [-0.4, -0.2) is 33.0 Å². The lowest BCUT2D eigenvalue weighted by molar-refractivity contribution is 0.0496. The van der Waals surface area contributed by atoms with Gasteiger partial charge in [0.25, 0.3) is 0 Å². The number of rotatable bonds is 6. The molecule has 0 aromatic heterocycles. The summed E-state index contributed by atoms with van der Waals surface area (Å²) >= 11 is 0. The molecule has 1 fully saturated rings. The maximum absolute atomic E-state index is 12.3. The van der Waals surface area contributed by atoms with Crippen molar-refractivity contribution in [1.29, 1.82) is 0 Å². The van der Waals surface area contributed by atoms with Gasteiger partial charge >= 0.3 is 6.09 Å². The molecule has 1 aliphatic rings.